The van der Waals surface area contributed by atoms with Crippen LogP contribution in [-0.2, 0) is 29.0 Å². The largest absolute Gasteiger partial charge is 0.469 e. The normalized spacial score (nSPS) is 10.4. The second kappa shape index (κ2) is 7.07. The van der Waals surface area contributed by atoms with Gasteiger partial charge in [0.05, 0.1) is 13.5 Å². The second-order valence-electron chi connectivity index (χ2n) is 4.21. The summed E-state index contributed by atoms with van der Waals surface area (Å²) in [5.41, 5.74) is 1.27. The molecule has 0 aliphatic heterocycles. The highest BCUT2D eigenvalue weighted by Crippen LogP contribution is 2.17. The summed E-state index contributed by atoms with van der Waals surface area (Å²) in [5.74, 6) is -0.189. The molecule has 0 fully saturated rings. The lowest BCUT2D eigenvalue weighted by molar-refractivity contribution is -0.139. The van der Waals surface area contributed by atoms with Crippen LogP contribution in [0.3, 0.4) is 0 Å². The van der Waals surface area contributed by atoms with Gasteiger partial charge in [-0.05, 0) is 17.7 Å². The Kier molecular flexibility index (Phi) is 5.12. The first-order valence-corrected chi connectivity index (χ1v) is 6.98. The number of nitrogens with one attached hydrogen (secondary N) is 1. The molecule has 100 valence electrons. The molecule has 0 atom stereocenters. The highest BCUT2D eigenvalue weighted by atomic mass is 32.1. The van der Waals surface area contributed by atoms with Crippen LogP contribution in [0.25, 0.3) is 0 Å². The fourth-order valence-electron chi connectivity index (χ4n) is 1.75. The van der Waals surface area contributed by atoms with Crippen molar-refractivity contribution >= 4 is 17.3 Å². The molecule has 1 heterocycles. The van der Waals surface area contributed by atoms with Crippen LogP contribution < -0.4 is 5.32 Å². The van der Waals surface area contributed by atoms with E-state index in [0.717, 1.165) is 18.0 Å². The van der Waals surface area contributed by atoms with E-state index in [1.54, 1.807) is 11.3 Å². The van der Waals surface area contributed by atoms with Gasteiger partial charge >= 0.3 is 5.97 Å². The zero-order valence-corrected chi connectivity index (χ0v) is 11.7. The predicted molar refractivity (Wildman–Crippen MR) is 77.0 cm³/mol. The van der Waals surface area contributed by atoms with E-state index in [0.29, 0.717) is 6.42 Å². The molecular weight excluding hydrogens is 258 g/mol. The summed E-state index contributed by atoms with van der Waals surface area (Å²) in [4.78, 5) is 13.4. The first-order chi connectivity index (χ1) is 9.28. The summed E-state index contributed by atoms with van der Waals surface area (Å²) in [6, 6.07) is 14.3. The highest BCUT2D eigenvalue weighted by Gasteiger charge is 2.05. The molecule has 4 heteroatoms. The Hall–Kier alpha value is -1.65. The van der Waals surface area contributed by atoms with Crippen molar-refractivity contribution < 1.29 is 9.53 Å². The number of benzene rings is 1. The number of carbonyl (C=O) groups excluding carboxylic acids is 1. The number of methoxy groups -OCH3 is 1. The van der Waals surface area contributed by atoms with Crippen LogP contribution in [0, 0.1) is 0 Å². The van der Waals surface area contributed by atoms with Crippen molar-refractivity contribution in [2.75, 3.05) is 7.11 Å². The summed E-state index contributed by atoms with van der Waals surface area (Å²) in [6.07, 6.45) is 0.361. The predicted octanol–water partition coefficient (Wildman–Crippen LogP) is 2.75. The lowest BCUT2D eigenvalue weighted by atomic mass is 10.2. The van der Waals surface area contributed by atoms with E-state index < -0.39 is 0 Å². The second-order valence-corrected chi connectivity index (χ2v) is 5.46. The van der Waals surface area contributed by atoms with E-state index in [9.17, 15) is 4.79 Å². The van der Waals surface area contributed by atoms with Crippen molar-refractivity contribution in [1.82, 2.24) is 5.32 Å². The maximum absolute atomic E-state index is 11.2. The Morgan fingerprint density at radius 2 is 1.84 bits per heavy atom. The number of hydrogen-bond donors (Lipinski definition) is 1. The van der Waals surface area contributed by atoms with Gasteiger partial charge in [-0.2, -0.15) is 0 Å². The average Bonchev–Trinajstić information content (AvgIpc) is 2.87. The maximum Gasteiger partial charge on any atom is 0.310 e. The highest BCUT2D eigenvalue weighted by molar-refractivity contribution is 7.12. The van der Waals surface area contributed by atoms with E-state index in [4.69, 9.17) is 0 Å². The smallest absolute Gasteiger partial charge is 0.310 e. The van der Waals surface area contributed by atoms with Crippen molar-refractivity contribution in [2.24, 2.45) is 0 Å². The quantitative estimate of drug-likeness (QED) is 0.824. The zero-order valence-electron chi connectivity index (χ0n) is 10.9. The molecule has 0 aliphatic carbocycles. The van der Waals surface area contributed by atoms with Crippen molar-refractivity contribution in [3.8, 4) is 0 Å². The minimum atomic E-state index is -0.189. The molecule has 2 rings (SSSR count). The third-order valence-corrected chi connectivity index (χ3v) is 3.82. The molecule has 0 bridgehead atoms. The molecule has 0 aliphatic rings. The molecule has 1 aromatic carbocycles. The Balaban J connectivity index is 1.79. The van der Waals surface area contributed by atoms with Gasteiger partial charge in [0, 0.05) is 22.8 Å². The van der Waals surface area contributed by atoms with Gasteiger partial charge in [0.25, 0.3) is 0 Å². The van der Waals surface area contributed by atoms with Crippen LogP contribution in [0.1, 0.15) is 15.3 Å². The molecular formula is C15H17NO2S. The molecule has 19 heavy (non-hydrogen) atoms. The number of rotatable bonds is 6. The lowest BCUT2D eigenvalue weighted by Crippen LogP contribution is -2.11. The third kappa shape index (κ3) is 4.50. The van der Waals surface area contributed by atoms with Crippen molar-refractivity contribution in [1.29, 1.82) is 0 Å². The topological polar surface area (TPSA) is 38.3 Å². The lowest BCUT2D eigenvalue weighted by Gasteiger charge is -2.02. The fraction of sp³-hybridized carbons (Fsp3) is 0.267. The maximum atomic E-state index is 11.2. The van der Waals surface area contributed by atoms with Crippen molar-refractivity contribution in [3.05, 3.63) is 57.8 Å². The molecule has 0 spiro atoms. The molecule has 0 radical (unpaired) electrons. The summed E-state index contributed by atoms with van der Waals surface area (Å²) in [5, 5.41) is 3.39. The van der Waals surface area contributed by atoms with Gasteiger partial charge < -0.3 is 10.1 Å². The summed E-state index contributed by atoms with van der Waals surface area (Å²) in [7, 11) is 1.41. The Bertz CT molecular complexity index is 522. The first-order valence-electron chi connectivity index (χ1n) is 6.17. The van der Waals surface area contributed by atoms with Crippen LogP contribution >= 0.6 is 11.3 Å². The molecule has 0 unspecified atom stereocenters. The standard InChI is InChI=1S/C15H17NO2S/c1-18-15(17)9-13-7-8-14(19-13)11-16-10-12-5-3-2-4-6-12/h2-8,16H,9-11H2,1H3. The number of esters is 1. The van der Waals surface area contributed by atoms with E-state index >= 15 is 0 Å². The van der Waals surface area contributed by atoms with Crippen LogP contribution in [0.2, 0.25) is 0 Å². The monoisotopic (exact) mass is 275 g/mol. The minimum absolute atomic E-state index is 0.189. The Morgan fingerprint density at radius 3 is 2.58 bits per heavy atom. The Morgan fingerprint density at radius 1 is 1.11 bits per heavy atom. The molecule has 0 saturated carbocycles. The fourth-order valence-corrected chi connectivity index (χ4v) is 2.73. The molecule has 1 aromatic heterocycles. The van der Waals surface area contributed by atoms with Crippen LogP contribution in [0.15, 0.2) is 42.5 Å². The van der Waals surface area contributed by atoms with Gasteiger partial charge in [-0.1, -0.05) is 30.3 Å². The number of thiophene rings is 1. The van der Waals surface area contributed by atoms with Crippen LogP contribution in [0.4, 0.5) is 0 Å². The van der Waals surface area contributed by atoms with Gasteiger partial charge in [-0.25, -0.2) is 0 Å². The van der Waals surface area contributed by atoms with Gasteiger partial charge in [0.1, 0.15) is 0 Å². The molecule has 2 aromatic rings. The molecule has 0 amide bonds. The van der Waals surface area contributed by atoms with Gasteiger partial charge in [0.15, 0.2) is 0 Å². The van der Waals surface area contributed by atoms with Crippen LogP contribution in [-0.4, -0.2) is 13.1 Å². The summed E-state index contributed by atoms with van der Waals surface area (Å²) in [6.45, 7) is 1.67. The number of ether oxygens (including phenoxy) is 1. The SMILES string of the molecule is COC(=O)Cc1ccc(CNCc2ccccc2)s1. The summed E-state index contributed by atoms with van der Waals surface area (Å²) < 4.78 is 4.65. The zero-order chi connectivity index (χ0) is 13.5. The first kappa shape index (κ1) is 13.8. The number of carbonyl (C=O) groups is 1. The minimum Gasteiger partial charge on any atom is -0.469 e. The Labute approximate surface area is 117 Å². The van der Waals surface area contributed by atoms with E-state index in [1.165, 1.54) is 17.6 Å². The molecule has 1 N–H and O–H groups in total. The molecule has 0 saturated heterocycles. The van der Waals surface area contributed by atoms with Gasteiger partial charge in [0.2, 0.25) is 0 Å². The van der Waals surface area contributed by atoms with Crippen molar-refractivity contribution in [3.63, 3.8) is 0 Å². The van der Waals surface area contributed by atoms with E-state index in [2.05, 4.69) is 28.3 Å². The van der Waals surface area contributed by atoms with Gasteiger partial charge in [-0.3, -0.25) is 4.79 Å². The van der Waals surface area contributed by atoms with E-state index in [-0.39, 0.29) is 5.97 Å². The number of hydrogen-bond acceptors (Lipinski definition) is 4. The third-order valence-electron chi connectivity index (χ3n) is 2.73. The van der Waals surface area contributed by atoms with Gasteiger partial charge in [-0.15, -0.1) is 11.3 Å². The summed E-state index contributed by atoms with van der Waals surface area (Å²) >= 11 is 1.65. The van der Waals surface area contributed by atoms with Crippen LogP contribution in [0.5, 0.6) is 0 Å². The van der Waals surface area contributed by atoms with Crippen molar-refractivity contribution in [2.45, 2.75) is 19.5 Å². The van der Waals surface area contributed by atoms with E-state index in [1.807, 2.05) is 24.3 Å². The average molecular weight is 275 g/mol. The molecule has 3 nitrogen and oxygen atoms in total.